The van der Waals surface area contributed by atoms with Crippen LogP contribution in [0.5, 0.6) is 0 Å². The number of rotatable bonds is 3. The number of ether oxygens (including phenoxy) is 3. The van der Waals surface area contributed by atoms with Gasteiger partial charge in [0.05, 0.1) is 31.0 Å². The predicted molar refractivity (Wildman–Crippen MR) is 87.2 cm³/mol. The molecule has 0 bridgehead atoms. The van der Waals surface area contributed by atoms with Crippen LogP contribution >= 0.6 is 0 Å². The number of carbonyl (C=O) groups excluding carboxylic acids is 2. The lowest BCUT2D eigenvalue weighted by atomic mass is 10.1. The van der Waals surface area contributed by atoms with Gasteiger partial charge in [0.2, 0.25) is 0 Å². The zero-order chi connectivity index (χ0) is 19.0. The number of fused-ring (bicyclic) bond motifs is 1. The van der Waals surface area contributed by atoms with Crippen LogP contribution in [-0.4, -0.2) is 30.7 Å². The first kappa shape index (κ1) is 17.7. The highest BCUT2D eigenvalue weighted by Crippen LogP contribution is 2.33. The molecule has 0 spiro atoms. The van der Waals surface area contributed by atoms with Crippen molar-refractivity contribution in [3.05, 3.63) is 57.9 Å². The van der Waals surface area contributed by atoms with Crippen molar-refractivity contribution < 1.29 is 32.6 Å². The van der Waals surface area contributed by atoms with Crippen LogP contribution in [0.25, 0.3) is 11.8 Å². The third kappa shape index (κ3) is 2.73. The quantitative estimate of drug-likeness (QED) is 0.784. The lowest BCUT2D eigenvalue weighted by Crippen LogP contribution is -2.13. The van der Waals surface area contributed by atoms with E-state index < -0.39 is 23.6 Å². The predicted octanol–water partition coefficient (Wildman–Crippen LogP) is 3.13. The monoisotopic (exact) mass is 363 g/mol. The average Bonchev–Trinajstić information content (AvgIpc) is 2.94. The number of hydrogen-bond donors (Lipinski definition) is 0. The van der Waals surface area contributed by atoms with Gasteiger partial charge in [-0.3, -0.25) is 0 Å². The first-order valence-electron chi connectivity index (χ1n) is 7.58. The van der Waals surface area contributed by atoms with Crippen LogP contribution in [0.2, 0.25) is 0 Å². The Morgan fingerprint density at radius 2 is 1.73 bits per heavy atom. The van der Waals surface area contributed by atoms with Crippen molar-refractivity contribution in [2.24, 2.45) is 0 Å². The number of nitrogens with zero attached hydrogens (tertiary/aromatic N) is 1. The molecule has 6 nitrogen and oxygen atoms in total. The van der Waals surface area contributed by atoms with Crippen molar-refractivity contribution >= 4 is 23.8 Å². The molecule has 8 heteroatoms. The summed E-state index contributed by atoms with van der Waals surface area (Å²) in [4.78, 5) is 24.4. The van der Waals surface area contributed by atoms with Crippen LogP contribution in [0.15, 0.2) is 18.2 Å². The molecule has 0 saturated carbocycles. The highest BCUT2D eigenvalue weighted by molar-refractivity contribution is 6.07. The molecule has 1 aliphatic rings. The summed E-state index contributed by atoms with van der Waals surface area (Å²) in [5.41, 5.74) is 1.22. The van der Waals surface area contributed by atoms with Crippen molar-refractivity contribution in [2.45, 2.75) is 13.7 Å². The zero-order valence-electron chi connectivity index (χ0n) is 14.3. The number of benzene rings is 1. The lowest BCUT2D eigenvalue weighted by molar-refractivity contribution is 0.0556. The second kappa shape index (κ2) is 6.62. The van der Waals surface area contributed by atoms with Crippen molar-refractivity contribution in [2.75, 3.05) is 14.2 Å². The Morgan fingerprint density at radius 3 is 2.35 bits per heavy atom. The van der Waals surface area contributed by atoms with Crippen molar-refractivity contribution in [1.29, 1.82) is 0 Å². The van der Waals surface area contributed by atoms with Gasteiger partial charge < -0.3 is 18.8 Å². The normalized spacial score (nSPS) is 12.7. The van der Waals surface area contributed by atoms with E-state index in [4.69, 9.17) is 14.2 Å². The maximum absolute atomic E-state index is 13.5. The number of esters is 2. The first-order valence-corrected chi connectivity index (χ1v) is 7.58. The summed E-state index contributed by atoms with van der Waals surface area (Å²) in [6, 6.07) is 3.33. The molecule has 0 aliphatic carbocycles. The molecule has 0 N–H and O–H groups in total. The highest BCUT2D eigenvalue weighted by Gasteiger charge is 2.32. The Morgan fingerprint density at radius 1 is 1.08 bits per heavy atom. The van der Waals surface area contributed by atoms with E-state index in [1.807, 2.05) is 0 Å². The summed E-state index contributed by atoms with van der Waals surface area (Å²) >= 11 is 0. The first-order chi connectivity index (χ1) is 12.4. The molecule has 0 unspecified atom stereocenters. The van der Waals surface area contributed by atoms with E-state index >= 15 is 0 Å². The van der Waals surface area contributed by atoms with E-state index in [2.05, 4.69) is 0 Å². The molecule has 2 aromatic rings. The van der Waals surface area contributed by atoms with Crippen molar-refractivity contribution in [3.63, 3.8) is 0 Å². The van der Waals surface area contributed by atoms with Gasteiger partial charge in [0.1, 0.15) is 5.76 Å². The third-order valence-corrected chi connectivity index (χ3v) is 4.16. The Labute approximate surface area is 147 Å². The molecule has 1 aliphatic heterocycles. The third-order valence-electron chi connectivity index (χ3n) is 4.16. The maximum Gasteiger partial charge on any atom is 0.340 e. The second-order valence-electron chi connectivity index (χ2n) is 5.54. The number of methoxy groups -OCH3 is 2. The van der Waals surface area contributed by atoms with E-state index in [9.17, 15) is 18.4 Å². The fourth-order valence-corrected chi connectivity index (χ4v) is 2.85. The average molecular weight is 363 g/mol. The van der Waals surface area contributed by atoms with Gasteiger partial charge >= 0.3 is 11.9 Å². The highest BCUT2D eigenvalue weighted by atomic mass is 19.2. The Balaban J connectivity index is 2.20. The Kier molecular flexibility index (Phi) is 4.50. The molecule has 2 heterocycles. The van der Waals surface area contributed by atoms with Gasteiger partial charge in [-0.1, -0.05) is 0 Å². The van der Waals surface area contributed by atoms with Crippen LogP contribution < -0.4 is 0 Å². The largest absolute Gasteiger partial charge is 0.472 e. The van der Waals surface area contributed by atoms with E-state index in [0.717, 1.165) is 12.1 Å². The SMILES string of the molecule is COC(=O)c1c(C(=O)OC)c2n(c1C)COC(c1ccc(F)c(F)c1)=C2. The fraction of sp³-hybridized carbons (Fsp3) is 0.222. The second-order valence-corrected chi connectivity index (χ2v) is 5.54. The molecule has 0 radical (unpaired) electrons. The van der Waals surface area contributed by atoms with Gasteiger partial charge in [-0.15, -0.1) is 0 Å². The van der Waals surface area contributed by atoms with E-state index in [-0.39, 0.29) is 23.6 Å². The Hall–Kier alpha value is -3.16. The zero-order valence-corrected chi connectivity index (χ0v) is 14.3. The molecule has 0 saturated heterocycles. The van der Waals surface area contributed by atoms with Gasteiger partial charge in [-0.2, -0.15) is 0 Å². The van der Waals surface area contributed by atoms with Gasteiger partial charge in [0.15, 0.2) is 18.4 Å². The van der Waals surface area contributed by atoms with E-state index in [1.54, 1.807) is 11.5 Å². The minimum Gasteiger partial charge on any atom is -0.472 e. The van der Waals surface area contributed by atoms with Gasteiger partial charge in [-0.25, -0.2) is 18.4 Å². The van der Waals surface area contributed by atoms with Gasteiger partial charge in [0.25, 0.3) is 0 Å². The molecule has 1 aromatic heterocycles. The van der Waals surface area contributed by atoms with E-state index in [0.29, 0.717) is 17.0 Å². The molecule has 3 rings (SSSR count). The minimum atomic E-state index is -1.02. The smallest absolute Gasteiger partial charge is 0.340 e. The van der Waals surface area contributed by atoms with Gasteiger partial charge in [-0.05, 0) is 25.1 Å². The number of carbonyl (C=O) groups is 2. The summed E-state index contributed by atoms with van der Waals surface area (Å²) in [5, 5.41) is 0. The molecule has 0 amide bonds. The molecule has 1 aromatic carbocycles. The summed E-state index contributed by atoms with van der Waals surface area (Å²) in [7, 11) is 2.40. The van der Waals surface area contributed by atoms with Crippen LogP contribution in [-0.2, 0) is 20.9 Å². The number of hydrogen-bond acceptors (Lipinski definition) is 5. The van der Waals surface area contributed by atoms with Crippen molar-refractivity contribution in [1.82, 2.24) is 4.57 Å². The van der Waals surface area contributed by atoms with Crippen molar-refractivity contribution in [3.8, 4) is 0 Å². The van der Waals surface area contributed by atoms with Gasteiger partial charge in [0, 0.05) is 17.3 Å². The maximum atomic E-state index is 13.5. The van der Waals surface area contributed by atoms with Crippen LogP contribution in [0, 0.1) is 18.6 Å². The summed E-state index contributed by atoms with van der Waals surface area (Å²) < 4.78 is 43.4. The lowest BCUT2D eigenvalue weighted by Gasteiger charge is -2.20. The molecule has 136 valence electrons. The molecule has 0 fully saturated rings. The molecular formula is C18H15F2NO5. The number of halogens is 2. The topological polar surface area (TPSA) is 66.8 Å². The Bertz CT molecular complexity index is 946. The van der Waals surface area contributed by atoms with Crippen LogP contribution in [0.3, 0.4) is 0 Å². The summed E-state index contributed by atoms with van der Waals surface area (Å²) in [6.07, 6.45) is 1.47. The fourth-order valence-electron chi connectivity index (χ4n) is 2.85. The van der Waals surface area contributed by atoms with Crippen LogP contribution in [0.1, 0.15) is 37.7 Å². The minimum absolute atomic E-state index is 0.0208. The summed E-state index contributed by atoms with van der Waals surface area (Å²) in [5.74, 6) is -3.17. The number of aromatic nitrogens is 1. The summed E-state index contributed by atoms with van der Waals surface area (Å²) in [6.45, 7) is 1.62. The molecular weight excluding hydrogens is 348 g/mol. The van der Waals surface area contributed by atoms with Crippen LogP contribution in [0.4, 0.5) is 8.78 Å². The standard InChI is InChI=1S/C18H15F2NO5/c1-9-15(17(22)24-2)16(18(23)25-3)13-7-14(26-8-21(9)13)10-4-5-11(19)12(20)6-10/h4-7H,8H2,1-3H3. The van der Waals surface area contributed by atoms with E-state index in [1.165, 1.54) is 26.4 Å². The molecule has 26 heavy (non-hydrogen) atoms. The molecule has 0 atom stereocenters.